The van der Waals surface area contributed by atoms with Crippen molar-refractivity contribution in [3.05, 3.63) is 35.4 Å². The first-order chi connectivity index (χ1) is 6.24. The van der Waals surface area contributed by atoms with Crippen molar-refractivity contribution in [2.45, 2.75) is 11.8 Å². The molecule has 0 atom stereocenters. The standard InChI is InChI=1S/C11H11NS/c1-4-9-10(7-12)8(2)5-6-11(9)13-3/h4-6H,1H2,2-3H3. The van der Waals surface area contributed by atoms with Gasteiger partial charge in [-0.1, -0.05) is 18.7 Å². The third kappa shape index (κ3) is 1.76. The molecule has 0 saturated heterocycles. The molecule has 0 aliphatic carbocycles. The molecule has 1 rings (SSSR count). The summed E-state index contributed by atoms with van der Waals surface area (Å²) in [5.74, 6) is 0. The van der Waals surface area contributed by atoms with Crippen molar-refractivity contribution >= 4 is 17.8 Å². The summed E-state index contributed by atoms with van der Waals surface area (Å²) in [5.41, 5.74) is 2.70. The molecule has 0 radical (unpaired) electrons. The maximum Gasteiger partial charge on any atom is 0.100 e. The molecule has 66 valence electrons. The highest BCUT2D eigenvalue weighted by Crippen LogP contribution is 2.26. The molecule has 0 unspecified atom stereocenters. The Balaban J connectivity index is 3.47. The van der Waals surface area contributed by atoms with Crippen molar-refractivity contribution in [1.82, 2.24) is 0 Å². The molecule has 0 saturated carbocycles. The average Bonchev–Trinajstić information content (AvgIpc) is 2.17. The summed E-state index contributed by atoms with van der Waals surface area (Å²) >= 11 is 1.64. The number of hydrogen-bond donors (Lipinski definition) is 0. The highest BCUT2D eigenvalue weighted by atomic mass is 32.2. The van der Waals surface area contributed by atoms with Crippen LogP contribution in [0.25, 0.3) is 6.08 Å². The maximum atomic E-state index is 8.94. The topological polar surface area (TPSA) is 23.8 Å². The quantitative estimate of drug-likeness (QED) is 0.667. The second kappa shape index (κ2) is 4.15. The van der Waals surface area contributed by atoms with E-state index in [1.165, 1.54) is 0 Å². The molecule has 0 aromatic heterocycles. The Hall–Kier alpha value is -1.20. The minimum Gasteiger partial charge on any atom is -0.192 e. The van der Waals surface area contributed by atoms with Gasteiger partial charge in [0.2, 0.25) is 0 Å². The van der Waals surface area contributed by atoms with Crippen molar-refractivity contribution in [3.63, 3.8) is 0 Å². The molecule has 1 nitrogen and oxygen atoms in total. The normalized spacial score (nSPS) is 9.31. The molecule has 2 heteroatoms. The van der Waals surface area contributed by atoms with Crippen LogP contribution in [0.15, 0.2) is 23.6 Å². The Kier molecular flexibility index (Phi) is 3.16. The molecular formula is C11H11NS. The summed E-state index contributed by atoms with van der Waals surface area (Å²) in [6, 6.07) is 6.20. The molecule has 0 heterocycles. The van der Waals surface area contributed by atoms with Gasteiger partial charge in [0.15, 0.2) is 0 Å². The van der Waals surface area contributed by atoms with E-state index >= 15 is 0 Å². The van der Waals surface area contributed by atoms with Crippen LogP contribution in [-0.2, 0) is 0 Å². The van der Waals surface area contributed by atoms with Crippen LogP contribution in [0.4, 0.5) is 0 Å². The highest BCUT2D eigenvalue weighted by Gasteiger charge is 2.06. The maximum absolute atomic E-state index is 8.94. The molecule has 1 aromatic rings. The van der Waals surface area contributed by atoms with Crippen LogP contribution >= 0.6 is 11.8 Å². The van der Waals surface area contributed by atoms with Crippen LogP contribution in [0.1, 0.15) is 16.7 Å². The van der Waals surface area contributed by atoms with Crippen LogP contribution < -0.4 is 0 Å². The first kappa shape index (κ1) is 9.88. The van der Waals surface area contributed by atoms with Crippen LogP contribution in [0, 0.1) is 18.3 Å². The van der Waals surface area contributed by atoms with Gasteiger partial charge in [0.1, 0.15) is 6.07 Å². The summed E-state index contributed by atoms with van der Waals surface area (Å²) in [6.07, 6.45) is 3.75. The molecule has 0 aliphatic heterocycles. The Morgan fingerprint density at radius 1 is 1.54 bits per heavy atom. The fraction of sp³-hybridized carbons (Fsp3) is 0.182. The minimum atomic E-state index is 0.738. The van der Waals surface area contributed by atoms with E-state index in [1.807, 2.05) is 25.3 Å². The number of nitrogens with zero attached hydrogens (tertiary/aromatic N) is 1. The van der Waals surface area contributed by atoms with E-state index in [1.54, 1.807) is 17.8 Å². The van der Waals surface area contributed by atoms with Gasteiger partial charge < -0.3 is 0 Å². The van der Waals surface area contributed by atoms with E-state index in [0.717, 1.165) is 21.6 Å². The zero-order valence-corrected chi connectivity index (χ0v) is 8.61. The predicted octanol–water partition coefficient (Wildman–Crippen LogP) is 3.23. The first-order valence-electron chi connectivity index (χ1n) is 3.94. The van der Waals surface area contributed by atoms with Gasteiger partial charge in [0.25, 0.3) is 0 Å². The number of nitriles is 1. The summed E-state index contributed by atoms with van der Waals surface area (Å²) < 4.78 is 0. The van der Waals surface area contributed by atoms with Gasteiger partial charge in [-0.3, -0.25) is 0 Å². The van der Waals surface area contributed by atoms with Gasteiger partial charge >= 0.3 is 0 Å². The van der Waals surface area contributed by atoms with Gasteiger partial charge in [-0.15, -0.1) is 11.8 Å². The minimum absolute atomic E-state index is 0.738. The largest absolute Gasteiger partial charge is 0.192 e. The van der Waals surface area contributed by atoms with Gasteiger partial charge in [-0.2, -0.15) is 5.26 Å². The third-order valence-electron chi connectivity index (χ3n) is 1.95. The van der Waals surface area contributed by atoms with Crippen molar-refractivity contribution in [1.29, 1.82) is 5.26 Å². The number of rotatable bonds is 2. The zero-order valence-electron chi connectivity index (χ0n) is 7.79. The average molecular weight is 189 g/mol. The van der Waals surface area contributed by atoms with E-state index < -0.39 is 0 Å². The molecule has 0 fully saturated rings. The van der Waals surface area contributed by atoms with Crippen molar-refractivity contribution in [3.8, 4) is 6.07 Å². The Morgan fingerprint density at radius 3 is 2.69 bits per heavy atom. The van der Waals surface area contributed by atoms with Crippen LogP contribution in [0.3, 0.4) is 0 Å². The van der Waals surface area contributed by atoms with Crippen molar-refractivity contribution in [2.75, 3.05) is 6.26 Å². The fourth-order valence-electron chi connectivity index (χ4n) is 1.24. The van der Waals surface area contributed by atoms with Gasteiger partial charge in [-0.25, -0.2) is 0 Å². The molecule has 0 spiro atoms. The number of thioether (sulfide) groups is 1. The monoisotopic (exact) mass is 189 g/mol. The lowest BCUT2D eigenvalue weighted by atomic mass is 10.0. The SMILES string of the molecule is C=Cc1c(SC)ccc(C)c1C#N. The van der Waals surface area contributed by atoms with E-state index in [-0.39, 0.29) is 0 Å². The molecule has 1 aromatic carbocycles. The third-order valence-corrected chi connectivity index (χ3v) is 2.75. The highest BCUT2D eigenvalue weighted by molar-refractivity contribution is 7.98. The van der Waals surface area contributed by atoms with Gasteiger partial charge in [0.05, 0.1) is 5.56 Å². The van der Waals surface area contributed by atoms with Gasteiger partial charge in [-0.05, 0) is 24.8 Å². The summed E-state index contributed by atoms with van der Waals surface area (Å²) in [4.78, 5) is 1.11. The fourth-order valence-corrected chi connectivity index (χ4v) is 1.85. The molecule has 13 heavy (non-hydrogen) atoms. The Bertz CT molecular complexity index is 374. The van der Waals surface area contributed by atoms with E-state index in [0.29, 0.717) is 0 Å². The summed E-state index contributed by atoms with van der Waals surface area (Å²) in [5, 5.41) is 8.94. The smallest absolute Gasteiger partial charge is 0.100 e. The molecule has 0 amide bonds. The summed E-state index contributed by atoms with van der Waals surface area (Å²) in [6.45, 7) is 5.66. The number of aryl methyl sites for hydroxylation is 1. The molecule has 0 bridgehead atoms. The van der Waals surface area contributed by atoms with E-state index in [9.17, 15) is 0 Å². The Morgan fingerprint density at radius 2 is 2.23 bits per heavy atom. The number of hydrogen-bond acceptors (Lipinski definition) is 2. The van der Waals surface area contributed by atoms with E-state index in [4.69, 9.17) is 5.26 Å². The number of benzene rings is 1. The van der Waals surface area contributed by atoms with E-state index in [2.05, 4.69) is 12.6 Å². The van der Waals surface area contributed by atoms with Crippen LogP contribution in [0.2, 0.25) is 0 Å². The lowest BCUT2D eigenvalue weighted by molar-refractivity contribution is 1.31. The van der Waals surface area contributed by atoms with Crippen LogP contribution in [0.5, 0.6) is 0 Å². The zero-order chi connectivity index (χ0) is 9.84. The van der Waals surface area contributed by atoms with Crippen molar-refractivity contribution < 1.29 is 0 Å². The Labute approximate surface area is 83.1 Å². The molecule has 0 aliphatic rings. The molecular weight excluding hydrogens is 178 g/mol. The van der Waals surface area contributed by atoms with Gasteiger partial charge in [0, 0.05) is 10.5 Å². The lowest BCUT2D eigenvalue weighted by Crippen LogP contribution is -1.89. The molecule has 0 N–H and O–H groups in total. The van der Waals surface area contributed by atoms with Crippen LogP contribution in [-0.4, -0.2) is 6.26 Å². The second-order valence-corrected chi connectivity index (χ2v) is 3.54. The lowest BCUT2D eigenvalue weighted by Gasteiger charge is -2.06. The second-order valence-electron chi connectivity index (χ2n) is 2.69. The first-order valence-corrected chi connectivity index (χ1v) is 5.17. The summed E-state index contributed by atoms with van der Waals surface area (Å²) in [7, 11) is 0. The predicted molar refractivity (Wildman–Crippen MR) is 57.8 cm³/mol. The van der Waals surface area contributed by atoms with Crippen molar-refractivity contribution in [2.24, 2.45) is 0 Å².